The van der Waals surface area contributed by atoms with Crippen LogP contribution in [0.25, 0.3) is 0 Å². The van der Waals surface area contributed by atoms with Gasteiger partial charge >= 0.3 is 6.03 Å². The van der Waals surface area contributed by atoms with Crippen LogP contribution in [0, 0.1) is 5.41 Å². The van der Waals surface area contributed by atoms with E-state index in [4.69, 9.17) is 4.74 Å². The zero-order valence-electron chi connectivity index (χ0n) is 15.6. The summed E-state index contributed by atoms with van der Waals surface area (Å²) in [5, 5.41) is 7.51. The number of ether oxygens (including phenoxy) is 1. The summed E-state index contributed by atoms with van der Waals surface area (Å²) in [6.07, 6.45) is 8.46. The quantitative estimate of drug-likeness (QED) is 0.857. The highest BCUT2D eigenvalue weighted by Crippen LogP contribution is 2.49. The summed E-state index contributed by atoms with van der Waals surface area (Å²) in [7, 11) is 0. The van der Waals surface area contributed by atoms with Crippen molar-refractivity contribution >= 4 is 6.03 Å². The summed E-state index contributed by atoms with van der Waals surface area (Å²) in [5.74, 6) is 0. The maximum absolute atomic E-state index is 12.7. The second-order valence-corrected chi connectivity index (χ2v) is 7.22. The van der Waals surface area contributed by atoms with Gasteiger partial charge in [-0.25, -0.2) is 14.5 Å². The Labute approximate surface area is 150 Å². The molecule has 2 atom stereocenters. The van der Waals surface area contributed by atoms with Gasteiger partial charge in [0.1, 0.15) is 12.7 Å². The molecule has 0 bridgehead atoms. The van der Waals surface area contributed by atoms with E-state index in [2.05, 4.69) is 29.2 Å². The van der Waals surface area contributed by atoms with Gasteiger partial charge < -0.3 is 15.0 Å². The molecule has 0 unspecified atom stereocenters. The molecule has 0 aromatic carbocycles. The van der Waals surface area contributed by atoms with Crippen molar-refractivity contribution in [1.29, 1.82) is 0 Å². The first-order valence-electron chi connectivity index (χ1n) is 9.65. The SMILES string of the molecule is CCO[C@H]1C[C@@H](NC(=O)N2CCC(n3cncn3)CC2)C1(CC)CC. The number of nitrogens with zero attached hydrogens (tertiary/aromatic N) is 4. The Hall–Kier alpha value is -1.63. The molecule has 1 saturated heterocycles. The zero-order valence-corrected chi connectivity index (χ0v) is 15.6. The lowest BCUT2D eigenvalue weighted by Gasteiger charge is -2.55. The minimum atomic E-state index is 0.0725. The first-order chi connectivity index (χ1) is 12.1. The monoisotopic (exact) mass is 349 g/mol. The smallest absolute Gasteiger partial charge is 0.317 e. The number of hydrogen-bond donors (Lipinski definition) is 1. The Bertz CT molecular complexity index is 550. The van der Waals surface area contributed by atoms with E-state index in [9.17, 15) is 4.79 Å². The van der Waals surface area contributed by atoms with Crippen molar-refractivity contribution in [2.24, 2.45) is 5.41 Å². The van der Waals surface area contributed by atoms with Crippen LogP contribution in [0.4, 0.5) is 4.79 Å². The Morgan fingerprint density at radius 1 is 1.28 bits per heavy atom. The van der Waals surface area contributed by atoms with Gasteiger partial charge in [0, 0.05) is 31.2 Å². The van der Waals surface area contributed by atoms with Crippen LogP contribution in [0.15, 0.2) is 12.7 Å². The minimum Gasteiger partial charge on any atom is -0.378 e. The summed E-state index contributed by atoms with van der Waals surface area (Å²) in [6, 6.07) is 0.644. The molecule has 7 heteroatoms. The number of carbonyl (C=O) groups is 1. The predicted octanol–water partition coefficient (Wildman–Crippen LogP) is 2.61. The van der Waals surface area contributed by atoms with E-state index in [1.807, 2.05) is 16.5 Å². The normalized spacial score (nSPS) is 26.3. The van der Waals surface area contributed by atoms with Crippen LogP contribution in [-0.2, 0) is 4.74 Å². The van der Waals surface area contributed by atoms with Crippen LogP contribution in [0.1, 0.15) is 58.9 Å². The second kappa shape index (κ2) is 7.72. The Morgan fingerprint density at radius 3 is 2.56 bits per heavy atom. The molecule has 1 aromatic rings. The van der Waals surface area contributed by atoms with Crippen LogP contribution in [0.5, 0.6) is 0 Å². The Kier molecular flexibility index (Phi) is 5.61. The van der Waals surface area contributed by atoms with Gasteiger partial charge in [0.2, 0.25) is 0 Å². The van der Waals surface area contributed by atoms with Gasteiger partial charge in [-0.15, -0.1) is 0 Å². The highest BCUT2D eigenvalue weighted by Gasteiger charge is 2.54. The number of likely N-dealkylation sites (tertiary alicyclic amines) is 1. The lowest BCUT2D eigenvalue weighted by molar-refractivity contribution is -0.134. The molecule has 140 valence electrons. The van der Waals surface area contributed by atoms with E-state index in [1.54, 1.807) is 12.7 Å². The fourth-order valence-corrected chi connectivity index (χ4v) is 4.56. The van der Waals surface area contributed by atoms with Crippen LogP contribution in [-0.4, -0.2) is 57.5 Å². The van der Waals surface area contributed by atoms with Crippen molar-refractivity contribution in [1.82, 2.24) is 25.0 Å². The molecule has 2 amide bonds. The summed E-state index contributed by atoms with van der Waals surface area (Å²) in [4.78, 5) is 18.7. The maximum atomic E-state index is 12.7. The molecule has 7 nitrogen and oxygen atoms in total. The van der Waals surface area contributed by atoms with Crippen LogP contribution >= 0.6 is 0 Å². The topological polar surface area (TPSA) is 72.3 Å². The third-order valence-electron chi connectivity index (χ3n) is 6.33. The lowest BCUT2D eigenvalue weighted by Crippen LogP contribution is -2.65. The predicted molar refractivity (Wildman–Crippen MR) is 95.2 cm³/mol. The number of urea groups is 1. The van der Waals surface area contributed by atoms with E-state index in [-0.39, 0.29) is 23.6 Å². The summed E-state index contributed by atoms with van der Waals surface area (Å²) in [5.41, 5.74) is 0.0880. The van der Waals surface area contributed by atoms with Gasteiger partial charge in [-0.2, -0.15) is 5.10 Å². The van der Waals surface area contributed by atoms with Gasteiger partial charge in [0.15, 0.2) is 0 Å². The number of hydrogen-bond acceptors (Lipinski definition) is 4. The highest BCUT2D eigenvalue weighted by atomic mass is 16.5. The molecule has 1 N–H and O–H groups in total. The number of carbonyl (C=O) groups excluding carboxylic acids is 1. The van der Waals surface area contributed by atoms with Crippen molar-refractivity contribution in [2.45, 2.75) is 71.1 Å². The van der Waals surface area contributed by atoms with E-state index in [0.29, 0.717) is 6.04 Å². The number of amides is 2. The third kappa shape index (κ3) is 3.38. The average Bonchev–Trinajstić information content (AvgIpc) is 3.16. The Balaban J connectivity index is 1.53. The summed E-state index contributed by atoms with van der Waals surface area (Å²) < 4.78 is 7.82. The van der Waals surface area contributed by atoms with E-state index in [0.717, 1.165) is 51.8 Å². The van der Waals surface area contributed by atoms with Gasteiger partial charge in [0.05, 0.1) is 12.1 Å². The van der Waals surface area contributed by atoms with Crippen molar-refractivity contribution in [3.8, 4) is 0 Å². The fourth-order valence-electron chi connectivity index (χ4n) is 4.56. The molecule has 2 heterocycles. The summed E-state index contributed by atoms with van der Waals surface area (Å²) >= 11 is 0. The van der Waals surface area contributed by atoms with Crippen molar-refractivity contribution in [2.75, 3.05) is 19.7 Å². The van der Waals surface area contributed by atoms with Gasteiger partial charge in [0.25, 0.3) is 0 Å². The molecule has 1 aliphatic carbocycles. The van der Waals surface area contributed by atoms with E-state index in [1.165, 1.54) is 0 Å². The second-order valence-electron chi connectivity index (χ2n) is 7.22. The number of nitrogens with one attached hydrogen (secondary N) is 1. The standard InChI is InChI=1S/C18H31N5O2/c1-4-18(5-2)15(11-16(18)25-6-3)21-17(24)22-9-7-14(8-10-22)23-13-19-12-20-23/h12-16H,4-11H2,1-3H3,(H,21,24)/t15-,16+/m1/s1. The largest absolute Gasteiger partial charge is 0.378 e. The number of aromatic nitrogens is 3. The zero-order chi connectivity index (χ0) is 17.9. The molecule has 1 saturated carbocycles. The molecule has 3 rings (SSSR count). The molecule has 0 spiro atoms. The summed E-state index contributed by atoms with van der Waals surface area (Å²) in [6.45, 7) is 8.73. The van der Waals surface area contributed by atoms with Gasteiger partial charge in [-0.3, -0.25) is 0 Å². The molecule has 25 heavy (non-hydrogen) atoms. The number of piperidine rings is 1. The van der Waals surface area contributed by atoms with E-state index >= 15 is 0 Å². The maximum Gasteiger partial charge on any atom is 0.317 e. The molecule has 1 aliphatic heterocycles. The minimum absolute atomic E-state index is 0.0725. The van der Waals surface area contributed by atoms with Gasteiger partial charge in [-0.05, 0) is 39.0 Å². The Morgan fingerprint density at radius 2 is 2.00 bits per heavy atom. The molecular weight excluding hydrogens is 318 g/mol. The average molecular weight is 349 g/mol. The van der Waals surface area contributed by atoms with Crippen LogP contribution in [0.3, 0.4) is 0 Å². The first-order valence-corrected chi connectivity index (χ1v) is 9.65. The molecule has 2 fully saturated rings. The van der Waals surface area contributed by atoms with Gasteiger partial charge in [-0.1, -0.05) is 13.8 Å². The molecular formula is C18H31N5O2. The fraction of sp³-hybridized carbons (Fsp3) is 0.833. The lowest BCUT2D eigenvalue weighted by atomic mass is 9.58. The third-order valence-corrected chi connectivity index (χ3v) is 6.33. The van der Waals surface area contributed by atoms with Crippen molar-refractivity contribution in [3.63, 3.8) is 0 Å². The highest BCUT2D eigenvalue weighted by molar-refractivity contribution is 5.75. The molecule has 0 radical (unpaired) electrons. The molecule has 2 aliphatic rings. The van der Waals surface area contributed by atoms with Crippen molar-refractivity contribution in [3.05, 3.63) is 12.7 Å². The van der Waals surface area contributed by atoms with E-state index < -0.39 is 0 Å². The van der Waals surface area contributed by atoms with Crippen LogP contribution in [0.2, 0.25) is 0 Å². The van der Waals surface area contributed by atoms with Crippen LogP contribution < -0.4 is 5.32 Å². The molecule has 1 aromatic heterocycles. The van der Waals surface area contributed by atoms with Crippen molar-refractivity contribution < 1.29 is 9.53 Å². The first kappa shape index (κ1) is 18.2. The number of rotatable bonds is 6.